The topological polar surface area (TPSA) is 86.3 Å². The summed E-state index contributed by atoms with van der Waals surface area (Å²) in [5, 5.41) is 0. The molecule has 1 fully saturated rings. The van der Waals surface area contributed by atoms with E-state index in [1.54, 1.807) is 20.4 Å². The lowest BCUT2D eigenvalue weighted by Gasteiger charge is -2.35. The van der Waals surface area contributed by atoms with Crippen molar-refractivity contribution in [3.63, 3.8) is 0 Å². The Morgan fingerprint density at radius 3 is 2.57 bits per heavy atom. The summed E-state index contributed by atoms with van der Waals surface area (Å²) in [7, 11) is 3.24. The van der Waals surface area contributed by atoms with Crippen molar-refractivity contribution < 1.29 is 23.7 Å². The highest BCUT2D eigenvalue weighted by atomic mass is 16.7. The zero-order valence-electron chi connectivity index (χ0n) is 21.1. The van der Waals surface area contributed by atoms with Crippen molar-refractivity contribution in [1.82, 2.24) is 14.9 Å². The molecule has 0 spiro atoms. The van der Waals surface area contributed by atoms with E-state index in [2.05, 4.69) is 26.9 Å². The first-order chi connectivity index (χ1) is 18.1. The fourth-order valence-electron chi connectivity index (χ4n) is 5.33. The Morgan fingerprint density at radius 2 is 1.76 bits per heavy atom. The molecule has 3 heterocycles. The second-order valence-electron chi connectivity index (χ2n) is 9.62. The number of methoxy groups -OCH3 is 2. The standard InChI is InChI=1S/C28H30N4O5/c1-34-24-6-4-19(14-26(24)35-2)20-12-22-21(23(33)13-20)15-29-28(30-22)32-9-7-31(8-10-32)16-18-3-5-25-27(11-18)37-17-36-25/h3-6,11,14-15,20H,7-10,12-13,16-17H2,1-2H3/t20-/m1/s1. The molecule has 1 aliphatic carbocycles. The van der Waals surface area contributed by atoms with Crippen LogP contribution in [-0.4, -0.2) is 67.8 Å². The number of anilines is 1. The first-order valence-corrected chi connectivity index (χ1v) is 12.6. The molecule has 37 heavy (non-hydrogen) atoms. The molecule has 9 nitrogen and oxygen atoms in total. The van der Waals surface area contributed by atoms with E-state index in [1.165, 1.54) is 5.56 Å². The predicted octanol–water partition coefficient (Wildman–Crippen LogP) is 3.46. The van der Waals surface area contributed by atoms with Crippen LogP contribution >= 0.6 is 0 Å². The normalized spacial score (nSPS) is 19.0. The lowest BCUT2D eigenvalue weighted by atomic mass is 9.82. The average Bonchev–Trinajstić information content (AvgIpc) is 3.41. The minimum Gasteiger partial charge on any atom is -0.493 e. The maximum Gasteiger partial charge on any atom is 0.231 e. The molecule has 1 saturated heterocycles. The van der Waals surface area contributed by atoms with Crippen LogP contribution in [0.25, 0.3) is 0 Å². The molecule has 6 rings (SSSR count). The Kier molecular flexibility index (Phi) is 6.30. The molecule has 0 radical (unpaired) electrons. The van der Waals surface area contributed by atoms with Crippen LogP contribution in [-0.2, 0) is 13.0 Å². The van der Waals surface area contributed by atoms with E-state index in [0.29, 0.717) is 42.6 Å². The highest BCUT2D eigenvalue weighted by Gasteiger charge is 2.30. The second-order valence-corrected chi connectivity index (χ2v) is 9.62. The van der Waals surface area contributed by atoms with Crippen LogP contribution in [0.2, 0.25) is 0 Å². The first kappa shape index (κ1) is 23.5. The van der Waals surface area contributed by atoms with Crippen LogP contribution in [0.4, 0.5) is 5.95 Å². The van der Waals surface area contributed by atoms with E-state index < -0.39 is 0 Å². The molecule has 2 aromatic carbocycles. The summed E-state index contributed by atoms with van der Waals surface area (Å²) >= 11 is 0. The number of hydrogen-bond acceptors (Lipinski definition) is 9. The van der Waals surface area contributed by atoms with Crippen LogP contribution < -0.4 is 23.8 Å². The SMILES string of the molecule is COc1ccc([C@H]2CC(=O)c3cnc(N4CCN(Cc5ccc6c(c5)OCO6)CC4)nc3C2)cc1OC. The predicted molar refractivity (Wildman–Crippen MR) is 137 cm³/mol. The molecule has 9 heteroatoms. The first-order valence-electron chi connectivity index (χ1n) is 12.6. The van der Waals surface area contributed by atoms with Crippen LogP contribution in [0, 0.1) is 0 Å². The summed E-state index contributed by atoms with van der Waals surface area (Å²) in [5.41, 5.74) is 3.72. The van der Waals surface area contributed by atoms with E-state index >= 15 is 0 Å². The second kappa shape index (κ2) is 9.89. The average molecular weight is 503 g/mol. The highest BCUT2D eigenvalue weighted by molar-refractivity contribution is 5.98. The fourth-order valence-corrected chi connectivity index (χ4v) is 5.33. The third-order valence-corrected chi connectivity index (χ3v) is 7.40. The molecule has 1 aromatic heterocycles. The van der Waals surface area contributed by atoms with Gasteiger partial charge in [0.15, 0.2) is 28.8 Å². The number of carbonyl (C=O) groups is 1. The van der Waals surface area contributed by atoms with Gasteiger partial charge in [0.25, 0.3) is 0 Å². The van der Waals surface area contributed by atoms with Crippen LogP contribution in [0.15, 0.2) is 42.6 Å². The third kappa shape index (κ3) is 4.67. The number of aromatic nitrogens is 2. The van der Waals surface area contributed by atoms with Crippen LogP contribution in [0.1, 0.15) is 39.5 Å². The molecule has 3 aromatic rings. The van der Waals surface area contributed by atoms with Crippen LogP contribution in [0.3, 0.4) is 0 Å². The summed E-state index contributed by atoms with van der Waals surface area (Å²) in [6, 6.07) is 12.0. The number of ether oxygens (including phenoxy) is 4. The molecular formula is C28H30N4O5. The van der Waals surface area contributed by atoms with Gasteiger partial charge in [-0.15, -0.1) is 0 Å². The number of ketones is 1. The monoisotopic (exact) mass is 502 g/mol. The molecule has 3 aliphatic rings. The zero-order chi connectivity index (χ0) is 25.4. The Morgan fingerprint density at radius 1 is 0.946 bits per heavy atom. The number of nitrogens with zero attached hydrogens (tertiary/aromatic N) is 4. The van der Waals surface area contributed by atoms with Crippen molar-refractivity contribution in [3.05, 3.63) is 65.0 Å². The Bertz CT molecular complexity index is 1320. The van der Waals surface area contributed by atoms with Crippen molar-refractivity contribution in [2.24, 2.45) is 0 Å². The summed E-state index contributed by atoms with van der Waals surface area (Å²) in [5.74, 6) is 3.80. The number of hydrogen-bond donors (Lipinski definition) is 0. The zero-order valence-corrected chi connectivity index (χ0v) is 21.1. The number of Topliss-reactive ketones (excluding diaryl/α,β-unsaturated/α-hetero) is 1. The number of carbonyl (C=O) groups excluding carboxylic acids is 1. The van der Waals surface area contributed by atoms with Crippen molar-refractivity contribution in [2.75, 3.05) is 52.1 Å². The minimum atomic E-state index is 0.0427. The number of benzene rings is 2. The van der Waals surface area contributed by atoms with Crippen LogP contribution in [0.5, 0.6) is 23.0 Å². The molecule has 1 atom stereocenters. The lowest BCUT2D eigenvalue weighted by molar-refractivity contribution is 0.0962. The molecule has 0 amide bonds. The van der Waals surface area contributed by atoms with E-state index in [0.717, 1.165) is 55.5 Å². The summed E-state index contributed by atoms with van der Waals surface area (Å²) in [4.78, 5) is 27.0. The van der Waals surface area contributed by atoms with Gasteiger partial charge < -0.3 is 23.8 Å². The Labute approximate surface area is 215 Å². The van der Waals surface area contributed by atoms with Crippen molar-refractivity contribution >= 4 is 11.7 Å². The van der Waals surface area contributed by atoms with Crippen molar-refractivity contribution in [3.8, 4) is 23.0 Å². The van der Waals surface area contributed by atoms with E-state index in [4.69, 9.17) is 23.9 Å². The Hall–Kier alpha value is -3.85. The quantitative estimate of drug-likeness (QED) is 0.503. The van der Waals surface area contributed by atoms with Gasteiger partial charge >= 0.3 is 0 Å². The van der Waals surface area contributed by atoms with Gasteiger partial charge in [0, 0.05) is 45.3 Å². The van der Waals surface area contributed by atoms with E-state index in [-0.39, 0.29) is 11.7 Å². The maximum absolute atomic E-state index is 12.9. The molecule has 192 valence electrons. The molecule has 0 N–H and O–H groups in total. The molecule has 0 saturated carbocycles. The summed E-state index contributed by atoms with van der Waals surface area (Å²) in [6.07, 6.45) is 2.84. The van der Waals surface area contributed by atoms with Gasteiger partial charge in [-0.3, -0.25) is 9.69 Å². The third-order valence-electron chi connectivity index (χ3n) is 7.40. The molecule has 0 unspecified atom stereocenters. The van der Waals surface area contributed by atoms with Gasteiger partial charge in [-0.2, -0.15) is 0 Å². The fraction of sp³-hybridized carbons (Fsp3) is 0.393. The van der Waals surface area contributed by atoms with Gasteiger partial charge in [0.05, 0.1) is 25.5 Å². The van der Waals surface area contributed by atoms with Crippen molar-refractivity contribution in [2.45, 2.75) is 25.3 Å². The van der Waals surface area contributed by atoms with Crippen molar-refractivity contribution in [1.29, 1.82) is 0 Å². The van der Waals surface area contributed by atoms with Gasteiger partial charge in [0.2, 0.25) is 12.7 Å². The number of piperazine rings is 1. The lowest BCUT2D eigenvalue weighted by Crippen LogP contribution is -2.46. The van der Waals surface area contributed by atoms with Gasteiger partial charge in [-0.25, -0.2) is 9.97 Å². The summed E-state index contributed by atoms with van der Waals surface area (Å²) < 4.78 is 21.8. The maximum atomic E-state index is 12.9. The van der Waals surface area contributed by atoms with Gasteiger partial charge in [-0.1, -0.05) is 12.1 Å². The molecule has 2 aliphatic heterocycles. The summed E-state index contributed by atoms with van der Waals surface area (Å²) in [6.45, 7) is 4.62. The minimum absolute atomic E-state index is 0.0427. The number of fused-ring (bicyclic) bond motifs is 2. The van der Waals surface area contributed by atoms with Gasteiger partial charge in [-0.05, 0) is 47.7 Å². The van der Waals surface area contributed by atoms with E-state index in [9.17, 15) is 4.79 Å². The number of rotatable bonds is 6. The van der Waals surface area contributed by atoms with Gasteiger partial charge in [0.1, 0.15) is 0 Å². The molecule has 0 bridgehead atoms. The van der Waals surface area contributed by atoms with E-state index in [1.807, 2.05) is 24.3 Å². The molecular weight excluding hydrogens is 472 g/mol. The Balaban J connectivity index is 1.13. The smallest absolute Gasteiger partial charge is 0.231 e. The largest absolute Gasteiger partial charge is 0.493 e. The highest BCUT2D eigenvalue weighted by Crippen LogP contribution is 2.37.